The highest BCUT2D eigenvalue weighted by Crippen LogP contribution is 2.26. The number of piperazine rings is 1. The summed E-state index contributed by atoms with van der Waals surface area (Å²) in [5.41, 5.74) is 1.08. The third kappa shape index (κ3) is 5.39. The first kappa shape index (κ1) is 20.5. The summed E-state index contributed by atoms with van der Waals surface area (Å²) in [6.45, 7) is 3.79. The van der Waals surface area contributed by atoms with Gasteiger partial charge in [-0.25, -0.2) is 4.39 Å². The van der Waals surface area contributed by atoms with Crippen LogP contribution >= 0.6 is 11.8 Å². The number of methoxy groups -OCH3 is 2. The molecule has 0 atom stereocenters. The molecule has 7 heteroatoms. The summed E-state index contributed by atoms with van der Waals surface area (Å²) >= 11 is 1.44. The average molecular weight is 405 g/mol. The summed E-state index contributed by atoms with van der Waals surface area (Å²) in [5, 5.41) is 0. The number of thioether (sulfide) groups is 1. The molecule has 1 saturated heterocycles. The Morgan fingerprint density at radius 2 is 1.75 bits per heavy atom. The van der Waals surface area contributed by atoms with Crippen molar-refractivity contribution in [2.24, 2.45) is 0 Å². The summed E-state index contributed by atoms with van der Waals surface area (Å²) < 4.78 is 23.7. The van der Waals surface area contributed by atoms with Gasteiger partial charge < -0.3 is 14.4 Å². The zero-order valence-corrected chi connectivity index (χ0v) is 17.0. The molecule has 0 N–H and O–H groups in total. The topological polar surface area (TPSA) is 42.0 Å². The van der Waals surface area contributed by atoms with Crippen LogP contribution < -0.4 is 9.47 Å². The Morgan fingerprint density at radius 3 is 2.39 bits per heavy atom. The second-order valence-electron chi connectivity index (χ2n) is 6.58. The first-order valence-corrected chi connectivity index (χ1v) is 10.2. The predicted octanol–water partition coefficient (Wildman–Crippen LogP) is 3.28. The van der Waals surface area contributed by atoms with E-state index in [9.17, 15) is 9.18 Å². The molecular weight excluding hydrogens is 379 g/mol. The van der Waals surface area contributed by atoms with Crippen molar-refractivity contribution < 1.29 is 18.7 Å². The monoisotopic (exact) mass is 404 g/mol. The minimum Gasteiger partial charge on any atom is -0.497 e. The highest BCUT2D eigenvalue weighted by Gasteiger charge is 2.22. The first-order valence-electron chi connectivity index (χ1n) is 9.18. The predicted molar refractivity (Wildman–Crippen MR) is 109 cm³/mol. The molecule has 1 aliphatic rings. The molecule has 0 bridgehead atoms. The van der Waals surface area contributed by atoms with E-state index in [1.165, 1.54) is 23.9 Å². The SMILES string of the molecule is COc1ccc(OC)c(CN2CCN(C(=O)CSc3ccc(F)cc3)CC2)c1. The van der Waals surface area contributed by atoms with Crippen LogP contribution in [0.4, 0.5) is 4.39 Å². The van der Waals surface area contributed by atoms with Crippen LogP contribution in [0.3, 0.4) is 0 Å². The van der Waals surface area contributed by atoms with E-state index in [4.69, 9.17) is 9.47 Å². The van der Waals surface area contributed by atoms with Gasteiger partial charge in [-0.15, -0.1) is 11.8 Å². The summed E-state index contributed by atoms with van der Waals surface area (Å²) in [6.07, 6.45) is 0. The maximum atomic E-state index is 13.0. The lowest BCUT2D eigenvalue weighted by molar-refractivity contribution is -0.130. The van der Waals surface area contributed by atoms with Gasteiger partial charge in [-0.05, 0) is 42.5 Å². The lowest BCUT2D eigenvalue weighted by Gasteiger charge is -2.35. The van der Waals surface area contributed by atoms with Crippen LogP contribution in [0.2, 0.25) is 0 Å². The van der Waals surface area contributed by atoms with Gasteiger partial charge in [-0.3, -0.25) is 9.69 Å². The van der Waals surface area contributed by atoms with Crippen LogP contribution in [0, 0.1) is 5.82 Å². The van der Waals surface area contributed by atoms with Gasteiger partial charge in [0.1, 0.15) is 17.3 Å². The molecule has 0 radical (unpaired) electrons. The highest BCUT2D eigenvalue weighted by molar-refractivity contribution is 8.00. The summed E-state index contributed by atoms with van der Waals surface area (Å²) in [4.78, 5) is 17.6. The molecule has 0 aromatic heterocycles. The van der Waals surface area contributed by atoms with Crippen molar-refractivity contribution in [2.45, 2.75) is 11.4 Å². The molecule has 3 rings (SSSR count). The van der Waals surface area contributed by atoms with Gasteiger partial charge in [0, 0.05) is 43.2 Å². The fraction of sp³-hybridized carbons (Fsp3) is 0.381. The fourth-order valence-electron chi connectivity index (χ4n) is 3.17. The zero-order valence-electron chi connectivity index (χ0n) is 16.2. The largest absolute Gasteiger partial charge is 0.497 e. The Balaban J connectivity index is 1.49. The molecule has 1 aliphatic heterocycles. The van der Waals surface area contributed by atoms with Crippen molar-refractivity contribution in [3.63, 3.8) is 0 Å². The molecule has 1 amide bonds. The molecule has 150 valence electrons. The normalized spacial score (nSPS) is 14.8. The van der Waals surface area contributed by atoms with E-state index < -0.39 is 0 Å². The number of ether oxygens (including phenoxy) is 2. The van der Waals surface area contributed by atoms with Crippen molar-refractivity contribution in [2.75, 3.05) is 46.2 Å². The van der Waals surface area contributed by atoms with Crippen LogP contribution in [-0.4, -0.2) is 61.9 Å². The second kappa shape index (κ2) is 9.80. The minimum atomic E-state index is -0.264. The van der Waals surface area contributed by atoms with E-state index in [-0.39, 0.29) is 11.7 Å². The Morgan fingerprint density at radius 1 is 1.04 bits per heavy atom. The van der Waals surface area contributed by atoms with Gasteiger partial charge >= 0.3 is 0 Å². The Labute approximate surface area is 169 Å². The van der Waals surface area contributed by atoms with Gasteiger partial charge in [-0.1, -0.05) is 0 Å². The number of halogens is 1. The van der Waals surface area contributed by atoms with Crippen LogP contribution in [0.15, 0.2) is 47.4 Å². The molecule has 28 heavy (non-hydrogen) atoms. The third-order valence-corrected chi connectivity index (χ3v) is 5.78. The highest BCUT2D eigenvalue weighted by atomic mass is 32.2. The summed E-state index contributed by atoms with van der Waals surface area (Å²) in [6, 6.07) is 12.0. The van der Waals surface area contributed by atoms with Crippen molar-refractivity contribution >= 4 is 17.7 Å². The molecule has 0 spiro atoms. The molecule has 1 heterocycles. The van der Waals surface area contributed by atoms with E-state index in [1.807, 2.05) is 23.1 Å². The van der Waals surface area contributed by atoms with E-state index in [1.54, 1.807) is 26.4 Å². The molecule has 0 unspecified atom stereocenters. The molecule has 1 fully saturated rings. The van der Waals surface area contributed by atoms with Crippen LogP contribution in [0.5, 0.6) is 11.5 Å². The van der Waals surface area contributed by atoms with E-state index in [0.717, 1.165) is 41.6 Å². The van der Waals surface area contributed by atoms with Gasteiger partial charge in [0.15, 0.2) is 0 Å². The van der Waals surface area contributed by atoms with Gasteiger partial charge in [0.25, 0.3) is 0 Å². The van der Waals surface area contributed by atoms with E-state index in [0.29, 0.717) is 18.8 Å². The van der Waals surface area contributed by atoms with Crippen molar-refractivity contribution in [1.82, 2.24) is 9.80 Å². The number of hydrogen-bond donors (Lipinski definition) is 0. The average Bonchev–Trinajstić information content (AvgIpc) is 2.73. The van der Waals surface area contributed by atoms with Gasteiger partial charge in [0.05, 0.1) is 20.0 Å². The molecule has 5 nitrogen and oxygen atoms in total. The Bertz CT molecular complexity index is 793. The van der Waals surface area contributed by atoms with Crippen molar-refractivity contribution in [3.05, 3.63) is 53.8 Å². The smallest absolute Gasteiger partial charge is 0.233 e. The summed E-state index contributed by atoms with van der Waals surface area (Å²) in [7, 11) is 3.32. The second-order valence-corrected chi connectivity index (χ2v) is 7.63. The maximum Gasteiger partial charge on any atom is 0.233 e. The molecule has 0 saturated carbocycles. The molecule has 0 aliphatic carbocycles. The lowest BCUT2D eigenvalue weighted by atomic mass is 10.1. The number of rotatable bonds is 7. The van der Waals surface area contributed by atoms with E-state index in [2.05, 4.69) is 4.90 Å². The Hall–Kier alpha value is -2.25. The van der Waals surface area contributed by atoms with Crippen LogP contribution in [-0.2, 0) is 11.3 Å². The third-order valence-electron chi connectivity index (χ3n) is 4.78. The molecule has 2 aromatic rings. The maximum absolute atomic E-state index is 13.0. The minimum absolute atomic E-state index is 0.118. The van der Waals surface area contributed by atoms with Gasteiger partial charge in [0.2, 0.25) is 5.91 Å². The molecule has 2 aromatic carbocycles. The number of nitrogens with zero attached hydrogens (tertiary/aromatic N) is 2. The standard InChI is InChI=1S/C21H25FN2O3S/c1-26-18-5-8-20(27-2)16(13-18)14-23-9-11-24(12-10-23)21(25)15-28-19-6-3-17(22)4-7-19/h3-8,13H,9-12,14-15H2,1-2H3. The number of hydrogen-bond acceptors (Lipinski definition) is 5. The van der Waals surface area contributed by atoms with Crippen LogP contribution in [0.1, 0.15) is 5.56 Å². The number of carbonyl (C=O) groups excluding carboxylic acids is 1. The van der Waals surface area contributed by atoms with Crippen molar-refractivity contribution in [1.29, 1.82) is 0 Å². The molecular formula is C21H25FN2O3S. The van der Waals surface area contributed by atoms with Crippen LogP contribution in [0.25, 0.3) is 0 Å². The Kier molecular flexibility index (Phi) is 7.17. The lowest BCUT2D eigenvalue weighted by Crippen LogP contribution is -2.48. The quantitative estimate of drug-likeness (QED) is 0.663. The van der Waals surface area contributed by atoms with Crippen molar-refractivity contribution in [3.8, 4) is 11.5 Å². The number of amides is 1. The fourth-order valence-corrected chi connectivity index (χ4v) is 3.97. The van der Waals surface area contributed by atoms with E-state index >= 15 is 0 Å². The zero-order chi connectivity index (χ0) is 19.9. The number of benzene rings is 2. The summed E-state index contributed by atoms with van der Waals surface area (Å²) in [5.74, 6) is 1.87. The van der Waals surface area contributed by atoms with Gasteiger partial charge in [-0.2, -0.15) is 0 Å². The number of carbonyl (C=O) groups is 1. The first-order chi connectivity index (χ1) is 13.6.